The Hall–Kier alpha value is -0.910. The van der Waals surface area contributed by atoms with Crippen LogP contribution in [0.4, 0.5) is 0 Å². The molecule has 1 N–H and O–H groups in total. The summed E-state index contributed by atoms with van der Waals surface area (Å²) in [6.45, 7) is 2.83. The van der Waals surface area contributed by atoms with Crippen molar-refractivity contribution in [3.63, 3.8) is 0 Å². The van der Waals surface area contributed by atoms with Crippen LogP contribution in [-0.2, 0) is 14.3 Å². The Kier molecular flexibility index (Phi) is 5.18. The Bertz CT molecular complexity index is 382. The molecule has 2 aliphatic heterocycles. The van der Waals surface area contributed by atoms with Crippen molar-refractivity contribution in [1.29, 1.82) is 0 Å². The predicted molar refractivity (Wildman–Crippen MR) is 75.1 cm³/mol. The molecule has 2 rings (SSSR count). The largest absolute Gasteiger partial charge is 0.396 e. The molecule has 0 saturated carbocycles. The van der Waals surface area contributed by atoms with E-state index in [1.54, 1.807) is 7.11 Å². The average Bonchev–Trinajstić information content (AvgIpc) is 2.70. The molecular formula is C15H25NO4. The molecule has 0 unspecified atom stereocenters. The number of rotatable bonds is 7. The van der Waals surface area contributed by atoms with Crippen LogP contribution in [0.3, 0.4) is 0 Å². The van der Waals surface area contributed by atoms with E-state index in [1.165, 1.54) is 0 Å². The number of piperidine rings is 1. The van der Waals surface area contributed by atoms with E-state index in [0.29, 0.717) is 6.61 Å². The second-order valence-electron chi connectivity index (χ2n) is 5.76. The maximum atomic E-state index is 12.5. The SMILES string of the molecule is COCOC[C@H]1CCC[C@@]2(CCCO)C=C(C)C(=O)N12. The first-order valence-corrected chi connectivity index (χ1v) is 7.35. The van der Waals surface area contributed by atoms with Crippen molar-refractivity contribution < 1.29 is 19.4 Å². The highest BCUT2D eigenvalue weighted by Gasteiger charge is 2.48. The van der Waals surface area contributed by atoms with Gasteiger partial charge in [-0.3, -0.25) is 4.79 Å². The topological polar surface area (TPSA) is 59.0 Å². The Morgan fingerprint density at radius 2 is 2.35 bits per heavy atom. The molecule has 0 bridgehead atoms. The van der Waals surface area contributed by atoms with E-state index in [9.17, 15) is 4.79 Å². The zero-order chi connectivity index (χ0) is 14.6. The van der Waals surface area contributed by atoms with E-state index in [1.807, 2.05) is 11.8 Å². The van der Waals surface area contributed by atoms with E-state index in [-0.39, 0.29) is 30.9 Å². The quantitative estimate of drug-likeness (QED) is 0.567. The summed E-state index contributed by atoms with van der Waals surface area (Å²) in [7, 11) is 1.60. The summed E-state index contributed by atoms with van der Waals surface area (Å²) in [6, 6.07) is 0.110. The predicted octanol–water partition coefficient (Wildman–Crippen LogP) is 1.46. The molecule has 0 spiro atoms. The number of carbonyl (C=O) groups is 1. The molecule has 5 nitrogen and oxygen atoms in total. The number of amides is 1. The molecule has 0 aliphatic carbocycles. The molecular weight excluding hydrogens is 258 g/mol. The first-order valence-electron chi connectivity index (χ1n) is 7.35. The van der Waals surface area contributed by atoms with Gasteiger partial charge in [0, 0.05) is 19.3 Å². The third-order valence-corrected chi connectivity index (χ3v) is 4.31. The number of fused-ring (bicyclic) bond motifs is 1. The molecule has 1 saturated heterocycles. The van der Waals surface area contributed by atoms with E-state index in [0.717, 1.165) is 37.7 Å². The van der Waals surface area contributed by atoms with E-state index in [2.05, 4.69) is 6.08 Å². The van der Waals surface area contributed by atoms with Crippen LogP contribution in [0, 0.1) is 0 Å². The standard InChI is InChI=1S/C15H25NO4/c1-12-9-15(7-4-8-17)6-3-5-13(10-20-11-19-2)16(15)14(12)18/h9,13,17H,3-8,10-11H2,1-2H3/t13-,15-/m1/s1. The molecule has 0 aromatic carbocycles. The first kappa shape index (κ1) is 15.5. The average molecular weight is 283 g/mol. The molecule has 114 valence electrons. The molecule has 20 heavy (non-hydrogen) atoms. The lowest BCUT2D eigenvalue weighted by Gasteiger charge is -2.47. The van der Waals surface area contributed by atoms with Gasteiger partial charge in [-0.1, -0.05) is 6.08 Å². The van der Waals surface area contributed by atoms with E-state index in [4.69, 9.17) is 14.6 Å². The van der Waals surface area contributed by atoms with Crippen LogP contribution in [-0.4, -0.2) is 54.6 Å². The first-order chi connectivity index (χ1) is 9.64. The third-order valence-electron chi connectivity index (χ3n) is 4.31. The number of aliphatic hydroxyl groups is 1. The molecule has 1 fully saturated rings. The lowest BCUT2D eigenvalue weighted by atomic mass is 9.81. The molecule has 2 heterocycles. The zero-order valence-corrected chi connectivity index (χ0v) is 12.4. The summed E-state index contributed by atoms with van der Waals surface area (Å²) in [5.41, 5.74) is 0.616. The van der Waals surface area contributed by atoms with Crippen LogP contribution in [0.15, 0.2) is 11.6 Å². The van der Waals surface area contributed by atoms with Crippen molar-refractivity contribution in [3.05, 3.63) is 11.6 Å². The summed E-state index contributed by atoms with van der Waals surface area (Å²) in [5, 5.41) is 9.12. The van der Waals surface area contributed by atoms with Crippen molar-refractivity contribution in [2.24, 2.45) is 0 Å². The fourth-order valence-electron chi connectivity index (χ4n) is 3.55. The summed E-state index contributed by atoms with van der Waals surface area (Å²) >= 11 is 0. The van der Waals surface area contributed by atoms with Gasteiger partial charge < -0.3 is 19.5 Å². The maximum Gasteiger partial charge on any atom is 0.250 e. The van der Waals surface area contributed by atoms with Crippen LogP contribution in [0.25, 0.3) is 0 Å². The second-order valence-corrected chi connectivity index (χ2v) is 5.76. The third kappa shape index (κ3) is 2.90. The van der Waals surface area contributed by atoms with Crippen LogP contribution in [0.2, 0.25) is 0 Å². The van der Waals surface area contributed by atoms with Gasteiger partial charge in [-0.2, -0.15) is 0 Å². The Labute approximate surface area is 120 Å². The number of aliphatic hydroxyl groups excluding tert-OH is 1. The fraction of sp³-hybridized carbons (Fsp3) is 0.800. The molecule has 0 aromatic heterocycles. The normalized spacial score (nSPS) is 29.6. The highest BCUT2D eigenvalue weighted by atomic mass is 16.7. The number of hydrogen-bond donors (Lipinski definition) is 1. The van der Waals surface area contributed by atoms with Gasteiger partial charge in [-0.15, -0.1) is 0 Å². The second kappa shape index (κ2) is 6.70. The molecule has 1 amide bonds. The minimum Gasteiger partial charge on any atom is -0.396 e. The van der Waals surface area contributed by atoms with Crippen LogP contribution < -0.4 is 0 Å². The maximum absolute atomic E-state index is 12.5. The lowest BCUT2D eigenvalue weighted by molar-refractivity contribution is -0.140. The van der Waals surface area contributed by atoms with Gasteiger partial charge in [0.25, 0.3) is 0 Å². The molecule has 0 radical (unpaired) electrons. The summed E-state index contributed by atoms with van der Waals surface area (Å²) in [4.78, 5) is 14.5. The molecule has 2 atom stereocenters. The summed E-state index contributed by atoms with van der Waals surface area (Å²) in [6.07, 6.45) is 6.69. The summed E-state index contributed by atoms with van der Waals surface area (Å²) in [5.74, 6) is 0.119. The number of carbonyl (C=O) groups excluding carboxylic acids is 1. The Morgan fingerprint density at radius 3 is 3.05 bits per heavy atom. The number of nitrogens with zero attached hydrogens (tertiary/aromatic N) is 1. The summed E-state index contributed by atoms with van der Waals surface area (Å²) < 4.78 is 10.4. The van der Waals surface area contributed by atoms with E-state index < -0.39 is 0 Å². The van der Waals surface area contributed by atoms with Crippen LogP contribution >= 0.6 is 0 Å². The minimum atomic E-state index is -0.205. The Balaban J connectivity index is 2.13. The van der Waals surface area contributed by atoms with Gasteiger partial charge in [0.05, 0.1) is 18.2 Å². The van der Waals surface area contributed by atoms with Crippen molar-refractivity contribution in [2.45, 2.75) is 50.6 Å². The van der Waals surface area contributed by atoms with Gasteiger partial charge in [-0.25, -0.2) is 0 Å². The van der Waals surface area contributed by atoms with E-state index >= 15 is 0 Å². The fourth-order valence-corrected chi connectivity index (χ4v) is 3.55. The van der Waals surface area contributed by atoms with Crippen LogP contribution in [0.5, 0.6) is 0 Å². The number of ether oxygens (including phenoxy) is 2. The van der Waals surface area contributed by atoms with Crippen molar-refractivity contribution in [3.8, 4) is 0 Å². The Morgan fingerprint density at radius 1 is 1.55 bits per heavy atom. The monoisotopic (exact) mass is 283 g/mol. The van der Waals surface area contributed by atoms with Gasteiger partial charge in [0.15, 0.2) is 0 Å². The van der Waals surface area contributed by atoms with Gasteiger partial charge >= 0.3 is 0 Å². The van der Waals surface area contributed by atoms with Gasteiger partial charge in [0.2, 0.25) is 5.91 Å². The van der Waals surface area contributed by atoms with Crippen molar-refractivity contribution >= 4 is 5.91 Å². The number of hydrogen-bond acceptors (Lipinski definition) is 4. The number of methoxy groups -OCH3 is 1. The van der Waals surface area contributed by atoms with Gasteiger partial charge in [0.1, 0.15) is 6.79 Å². The zero-order valence-electron chi connectivity index (χ0n) is 12.4. The smallest absolute Gasteiger partial charge is 0.250 e. The highest BCUT2D eigenvalue weighted by molar-refractivity contribution is 5.97. The van der Waals surface area contributed by atoms with Crippen molar-refractivity contribution in [2.75, 3.05) is 27.1 Å². The van der Waals surface area contributed by atoms with Crippen molar-refractivity contribution in [1.82, 2.24) is 4.90 Å². The highest BCUT2D eigenvalue weighted by Crippen LogP contribution is 2.42. The molecule has 5 heteroatoms. The lowest BCUT2D eigenvalue weighted by Crippen LogP contribution is -2.56. The molecule has 0 aromatic rings. The minimum absolute atomic E-state index is 0.110. The van der Waals surface area contributed by atoms with Crippen LogP contribution in [0.1, 0.15) is 39.0 Å². The van der Waals surface area contributed by atoms with Gasteiger partial charge in [-0.05, 0) is 39.0 Å². The molecule has 2 aliphatic rings.